The molecule has 40 heavy (non-hydrogen) atoms. The normalized spacial score (nSPS) is 21.3. The summed E-state index contributed by atoms with van der Waals surface area (Å²) in [7, 11) is -3.78. The molecule has 13 nitrogen and oxygen atoms in total. The molecule has 4 aromatic heterocycles. The Labute approximate surface area is 234 Å². The third kappa shape index (κ3) is 4.30. The third-order valence-corrected chi connectivity index (χ3v) is 9.19. The van der Waals surface area contributed by atoms with Gasteiger partial charge in [0, 0.05) is 41.6 Å². The summed E-state index contributed by atoms with van der Waals surface area (Å²) in [5, 5.41) is 22.6. The van der Waals surface area contributed by atoms with Crippen LogP contribution in [0.2, 0.25) is 5.02 Å². The minimum absolute atomic E-state index is 0.0339. The molecule has 0 aliphatic carbocycles. The van der Waals surface area contributed by atoms with Gasteiger partial charge in [0.2, 0.25) is 5.82 Å². The van der Waals surface area contributed by atoms with Gasteiger partial charge >= 0.3 is 0 Å². The number of carbonyl (C=O) groups excluding carboxylic acids is 1. The Morgan fingerprint density at radius 2 is 1.93 bits per heavy atom. The number of aliphatic hydroxyl groups is 1. The van der Waals surface area contributed by atoms with Crippen LogP contribution in [0.25, 0.3) is 16.8 Å². The van der Waals surface area contributed by atoms with Crippen molar-refractivity contribution in [1.29, 1.82) is 0 Å². The highest BCUT2D eigenvalue weighted by atomic mass is 35.5. The summed E-state index contributed by atoms with van der Waals surface area (Å²) in [6.45, 7) is 3.18. The first kappa shape index (κ1) is 26.6. The standard InChI is InChI=1S/C25H28ClN9O4S/c1-25(2,37)20-17(26)8-13(9-28-20)16-10-31-35-21(27)19(40(3,38)39)18(32-23(16)35)12-6-14-4-5-15(7-12)34(14)24(36)22-29-11-30-33-22/h8-12,14-15,37H,4-7,27H2,1-3H3,(H,29,30,33)/t12-,14+,15-. The predicted octanol–water partition coefficient (Wildman–Crippen LogP) is 2.33. The average Bonchev–Trinajstić information content (AvgIpc) is 3.60. The van der Waals surface area contributed by atoms with Crippen LogP contribution in [0.4, 0.5) is 5.82 Å². The van der Waals surface area contributed by atoms with E-state index in [1.54, 1.807) is 26.1 Å². The number of fused-ring (bicyclic) bond motifs is 3. The van der Waals surface area contributed by atoms with Gasteiger partial charge in [-0.15, -0.1) is 10.2 Å². The molecule has 2 bridgehead atoms. The van der Waals surface area contributed by atoms with E-state index in [0.29, 0.717) is 41.0 Å². The van der Waals surface area contributed by atoms with E-state index in [-0.39, 0.29) is 45.5 Å². The van der Waals surface area contributed by atoms with E-state index in [1.165, 1.54) is 17.0 Å². The Kier molecular flexibility index (Phi) is 6.12. The predicted molar refractivity (Wildman–Crippen MR) is 145 cm³/mol. The topological polar surface area (TPSA) is 185 Å². The number of hydrogen-bond acceptors (Lipinski definition) is 10. The number of aromatic nitrogens is 7. The van der Waals surface area contributed by atoms with E-state index in [0.717, 1.165) is 19.1 Å². The SMILES string of the molecule is CC(C)(O)c1ncc(-c2cnn3c(N)c(S(C)(=O)=O)c([C@H]4C[C@H]5CC[C@@H](C4)N5C(=O)c4nnc[nH]4)nc23)cc1Cl. The van der Waals surface area contributed by atoms with Crippen LogP contribution >= 0.6 is 11.6 Å². The Morgan fingerprint density at radius 1 is 1.23 bits per heavy atom. The van der Waals surface area contributed by atoms with Crippen LogP contribution in [0.5, 0.6) is 0 Å². The quantitative estimate of drug-likeness (QED) is 0.314. The molecule has 0 spiro atoms. The fourth-order valence-corrected chi connectivity index (χ4v) is 7.53. The number of nitrogens with one attached hydrogen (secondary N) is 1. The number of carbonyl (C=O) groups is 1. The lowest BCUT2D eigenvalue weighted by Gasteiger charge is -2.38. The summed E-state index contributed by atoms with van der Waals surface area (Å²) in [5.41, 5.74) is 7.43. The summed E-state index contributed by atoms with van der Waals surface area (Å²) >= 11 is 6.45. The second-order valence-electron chi connectivity index (χ2n) is 11.0. The molecule has 4 aromatic rings. The Balaban J connectivity index is 1.44. The van der Waals surface area contributed by atoms with Crippen LogP contribution in [0.15, 0.2) is 29.7 Å². The number of rotatable bonds is 5. The molecule has 6 rings (SSSR count). The van der Waals surface area contributed by atoms with Crippen LogP contribution in [0.3, 0.4) is 0 Å². The monoisotopic (exact) mass is 585 g/mol. The van der Waals surface area contributed by atoms with Crippen molar-refractivity contribution in [3.8, 4) is 11.1 Å². The van der Waals surface area contributed by atoms with E-state index < -0.39 is 15.4 Å². The molecule has 15 heteroatoms. The zero-order valence-electron chi connectivity index (χ0n) is 22.0. The second-order valence-corrected chi connectivity index (χ2v) is 13.4. The van der Waals surface area contributed by atoms with Gasteiger partial charge in [-0.25, -0.2) is 13.4 Å². The van der Waals surface area contributed by atoms with Gasteiger partial charge in [0.1, 0.15) is 22.6 Å². The van der Waals surface area contributed by atoms with Crippen molar-refractivity contribution in [3.63, 3.8) is 0 Å². The number of nitrogens with zero attached hydrogens (tertiary/aromatic N) is 7. The molecule has 210 valence electrons. The van der Waals surface area contributed by atoms with Gasteiger partial charge in [0.25, 0.3) is 5.91 Å². The number of halogens is 1. The van der Waals surface area contributed by atoms with E-state index in [1.807, 2.05) is 4.90 Å². The van der Waals surface area contributed by atoms with Crippen LogP contribution in [-0.4, -0.2) is 77.4 Å². The molecule has 3 atom stereocenters. The first-order chi connectivity index (χ1) is 18.8. The van der Waals surface area contributed by atoms with Crippen LogP contribution < -0.4 is 5.73 Å². The molecule has 2 saturated heterocycles. The largest absolute Gasteiger partial charge is 0.384 e. The van der Waals surface area contributed by atoms with E-state index >= 15 is 0 Å². The van der Waals surface area contributed by atoms with Crippen molar-refractivity contribution in [2.45, 2.75) is 68.0 Å². The number of nitrogens with two attached hydrogens (primary N) is 1. The number of H-pyrrole nitrogens is 1. The van der Waals surface area contributed by atoms with Gasteiger partial charge in [-0.2, -0.15) is 9.61 Å². The van der Waals surface area contributed by atoms with Gasteiger partial charge < -0.3 is 20.7 Å². The highest BCUT2D eigenvalue weighted by Gasteiger charge is 2.46. The molecule has 0 radical (unpaired) electrons. The van der Waals surface area contributed by atoms with Gasteiger partial charge in [-0.1, -0.05) is 11.6 Å². The second kappa shape index (κ2) is 9.21. The molecule has 6 heterocycles. The summed E-state index contributed by atoms with van der Waals surface area (Å²) < 4.78 is 27.4. The molecule has 2 aliphatic heterocycles. The fraction of sp³-hybridized carbons (Fsp3) is 0.440. The number of hydrogen-bond donors (Lipinski definition) is 3. The minimum Gasteiger partial charge on any atom is -0.384 e. The third-order valence-electron chi connectivity index (χ3n) is 7.74. The van der Waals surface area contributed by atoms with Crippen LogP contribution in [-0.2, 0) is 15.4 Å². The van der Waals surface area contributed by atoms with Crippen molar-refractivity contribution in [2.24, 2.45) is 0 Å². The maximum Gasteiger partial charge on any atom is 0.292 e. The molecular formula is C25H28ClN9O4S. The number of piperidine rings is 1. The maximum atomic E-state index is 13.1. The highest BCUT2D eigenvalue weighted by Crippen LogP contribution is 2.45. The van der Waals surface area contributed by atoms with Crippen molar-refractivity contribution in [1.82, 2.24) is 39.7 Å². The van der Waals surface area contributed by atoms with Crippen molar-refractivity contribution in [2.75, 3.05) is 12.0 Å². The fourth-order valence-electron chi connectivity index (χ4n) is 6.08. The van der Waals surface area contributed by atoms with Gasteiger partial charge in [-0.05, 0) is 45.6 Å². The zero-order chi connectivity index (χ0) is 28.6. The smallest absolute Gasteiger partial charge is 0.292 e. The summed E-state index contributed by atoms with van der Waals surface area (Å²) in [6.07, 6.45) is 8.21. The molecule has 4 N–H and O–H groups in total. The summed E-state index contributed by atoms with van der Waals surface area (Å²) in [4.78, 5) is 26.9. The molecule has 0 saturated carbocycles. The number of amides is 1. The first-order valence-electron chi connectivity index (χ1n) is 12.8. The number of aromatic amines is 1. The Bertz CT molecular complexity index is 1730. The molecule has 0 aromatic carbocycles. The van der Waals surface area contributed by atoms with Crippen LogP contribution in [0.1, 0.15) is 67.5 Å². The van der Waals surface area contributed by atoms with Gasteiger partial charge in [0.15, 0.2) is 15.5 Å². The highest BCUT2D eigenvalue weighted by molar-refractivity contribution is 7.91. The van der Waals surface area contributed by atoms with E-state index in [2.05, 4.69) is 25.3 Å². The van der Waals surface area contributed by atoms with E-state index in [9.17, 15) is 18.3 Å². The average molecular weight is 586 g/mol. The van der Waals surface area contributed by atoms with Crippen LogP contribution in [0, 0.1) is 0 Å². The molecule has 1 amide bonds. The Hall–Kier alpha value is -3.62. The lowest BCUT2D eigenvalue weighted by molar-refractivity contribution is 0.0556. The minimum atomic E-state index is -3.78. The molecule has 0 unspecified atom stereocenters. The van der Waals surface area contributed by atoms with Crippen molar-refractivity contribution < 1.29 is 18.3 Å². The lowest BCUT2D eigenvalue weighted by atomic mass is 9.87. The van der Waals surface area contributed by atoms with Crippen molar-refractivity contribution in [3.05, 3.63) is 47.0 Å². The van der Waals surface area contributed by atoms with Crippen molar-refractivity contribution >= 4 is 38.8 Å². The summed E-state index contributed by atoms with van der Waals surface area (Å²) in [5.74, 6) is -0.321. The lowest BCUT2D eigenvalue weighted by Crippen LogP contribution is -2.46. The molecule has 2 aliphatic rings. The number of sulfone groups is 1. The summed E-state index contributed by atoms with van der Waals surface area (Å²) in [6, 6.07) is 1.46. The number of pyridine rings is 1. The first-order valence-corrected chi connectivity index (χ1v) is 15.1. The number of nitrogen functional groups attached to an aromatic ring is 1. The molecule has 2 fully saturated rings. The van der Waals surface area contributed by atoms with Gasteiger partial charge in [0.05, 0.1) is 22.6 Å². The maximum absolute atomic E-state index is 13.1. The zero-order valence-corrected chi connectivity index (χ0v) is 23.6. The van der Waals surface area contributed by atoms with E-state index in [4.69, 9.17) is 22.3 Å². The Morgan fingerprint density at radius 3 is 2.50 bits per heavy atom. The molecular weight excluding hydrogens is 558 g/mol. The van der Waals surface area contributed by atoms with Gasteiger partial charge in [-0.3, -0.25) is 9.78 Å². The number of anilines is 1.